The number of pyridine rings is 1. The topological polar surface area (TPSA) is 24.9 Å². The highest BCUT2D eigenvalue weighted by atomic mass is 35.5. The molecule has 0 fully saturated rings. The minimum Gasteiger partial charge on any atom is -0.310 e. The van der Waals surface area contributed by atoms with E-state index in [4.69, 9.17) is 23.2 Å². The zero-order valence-corrected chi connectivity index (χ0v) is 13.3. The third kappa shape index (κ3) is 4.16. The van der Waals surface area contributed by atoms with Crippen molar-refractivity contribution in [1.29, 1.82) is 0 Å². The second kappa shape index (κ2) is 7.74. The molecule has 1 N–H and O–H groups in total. The summed E-state index contributed by atoms with van der Waals surface area (Å²) < 4.78 is 14.0. The Hall–Kier alpha value is -1.16. The lowest BCUT2D eigenvalue weighted by molar-refractivity contribution is 0.513. The van der Waals surface area contributed by atoms with Gasteiger partial charge in [-0.25, -0.2) is 4.39 Å². The van der Waals surface area contributed by atoms with Gasteiger partial charge in [-0.3, -0.25) is 4.98 Å². The Bertz CT molecular complexity index is 584. The molecule has 0 spiro atoms. The Balaban J connectivity index is 2.31. The molecule has 1 unspecified atom stereocenters. The molecule has 1 aromatic heterocycles. The van der Waals surface area contributed by atoms with Crippen LogP contribution in [-0.2, 0) is 6.42 Å². The monoisotopic (exact) mass is 326 g/mol. The maximum atomic E-state index is 14.0. The molecule has 1 atom stereocenters. The summed E-state index contributed by atoms with van der Waals surface area (Å²) in [7, 11) is 0. The van der Waals surface area contributed by atoms with Crippen LogP contribution in [0, 0.1) is 5.82 Å². The van der Waals surface area contributed by atoms with Crippen LogP contribution < -0.4 is 5.32 Å². The third-order valence-corrected chi connectivity index (χ3v) is 3.96. The molecule has 0 radical (unpaired) electrons. The predicted octanol–water partition coefficient (Wildman–Crippen LogP) is 4.81. The SMILES string of the molecule is CCCNC(Cc1c(F)cccc1Cl)c1ccncc1Cl. The number of hydrogen-bond acceptors (Lipinski definition) is 2. The molecule has 2 rings (SSSR count). The Morgan fingerprint density at radius 2 is 2.05 bits per heavy atom. The first-order chi connectivity index (χ1) is 10.1. The smallest absolute Gasteiger partial charge is 0.127 e. The van der Waals surface area contributed by atoms with E-state index in [1.807, 2.05) is 6.07 Å². The maximum Gasteiger partial charge on any atom is 0.127 e. The summed E-state index contributed by atoms with van der Waals surface area (Å²) in [4.78, 5) is 3.99. The van der Waals surface area contributed by atoms with Crippen molar-refractivity contribution in [2.75, 3.05) is 6.54 Å². The summed E-state index contributed by atoms with van der Waals surface area (Å²) >= 11 is 12.3. The van der Waals surface area contributed by atoms with E-state index in [2.05, 4.69) is 17.2 Å². The summed E-state index contributed by atoms with van der Waals surface area (Å²) in [6.45, 7) is 2.89. The number of halogens is 3. The summed E-state index contributed by atoms with van der Waals surface area (Å²) in [6, 6.07) is 6.48. The van der Waals surface area contributed by atoms with Crippen LogP contribution in [0.1, 0.15) is 30.5 Å². The molecule has 0 amide bonds. The van der Waals surface area contributed by atoms with E-state index in [1.165, 1.54) is 6.07 Å². The zero-order chi connectivity index (χ0) is 15.2. The molecule has 5 heteroatoms. The molecule has 2 nitrogen and oxygen atoms in total. The van der Waals surface area contributed by atoms with Gasteiger partial charge >= 0.3 is 0 Å². The quantitative estimate of drug-likeness (QED) is 0.823. The minimum absolute atomic E-state index is 0.102. The maximum absolute atomic E-state index is 14.0. The first-order valence-corrected chi connectivity index (χ1v) is 7.64. The first kappa shape index (κ1) is 16.2. The van der Waals surface area contributed by atoms with Gasteiger partial charge in [0.25, 0.3) is 0 Å². The van der Waals surface area contributed by atoms with Crippen LogP contribution in [0.2, 0.25) is 10.0 Å². The van der Waals surface area contributed by atoms with E-state index in [9.17, 15) is 4.39 Å². The van der Waals surface area contributed by atoms with Crippen molar-refractivity contribution in [3.05, 3.63) is 63.6 Å². The molecular weight excluding hydrogens is 310 g/mol. The molecule has 0 saturated carbocycles. The van der Waals surface area contributed by atoms with Crippen LogP contribution >= 0.6 is 23.2 Å². The van der Waals surface area contributed by atoms with Gasteiger partial charge < -0.3 is 5.32 Å². The van der Waals surface area contributed by atoms with Gasteiger partial charge in [0, 0.05) is 29.0 Å². The molecule has 0 aliphatic heterocycles. The van der Waals surface area contributed by atoms with E-state index in [1.54, 1.807) is 24.5 Å². The molecule has 1 aromatic carbocycles. The molecule has 0 aliphatic rings. The van der Waals surface area contributed by atoms with Crippen molar-refractivity contribution in [3.8, 4) is 0 Å². The number of rotatable bonds is 6. The molecular formula is C16H17Cl2FN2. The minimum atomic E-state index is -0.295. The van der Waals surface area contributed by atoms with E-state index < -0.39 is 0 Å². The number of nitrogens with zero attached hydrogens (tertiary/aromatic N) is 1. The van der Waals surface area contributed by atoms with Gasteiger partial charge in [0.1, 0.15) is 5.82 Å². The summed E-state index contributed by atoms with van der Waals surface area (Å²) in [6.07, 6.45) is 4.70. The lowest BCUT2D eigenvalue weighted by Gasteiger charge is -2.21. The Kier molecular flexibility index (Phi) is 5.97. The summed E-state index contributed by atoms with van der Waals surface area (Å²) in [5, 5.41) is 4.39. The number of hydrogen-bond donors (Lipinski definition) is 1. The largest absolute Gasteiger partial charge is 0.310 e. The van der Waals surface area contributed by atoms with Gasteiger partial charge in [0.05, 0.1) is 5.02 Å². The van der Waals surface area contributed by atoms with Gasteiger partial charge in [0.2, 0.25) is 0 Å². The Morgan fingerprint density at radius 3 is 2.71 bits per heavy atom. The van der Waals surface area contributed by atoms with E-state index >= 15 is 0 Å². The average Bonchev–Trinajstić information content (AvgIpc) is 2.47. The highest BCUT2D eigenvalue weighted by Crippen LogP contribution is 2.29. The van der Waals surface area contributed by atoms with Crippen LogP contribution in [-0.4, -0.2) is 11.5 Å². The number of nitrogens with one attached hydrogen (secondary N) is 1. The van der Waals surface area contributed by atoms with Crippen LogP contribution in [0.25, 0.3) is 0 Å². The van der Waals surface area contributed by atoms with Gasteiger partial charge in [-0.2, -0.15) is 0 Å². The standard InChI is InChI=1S/C16H17Cl2FN2/c1-2-7-21-16(11-6-8-20-10-14(11)18)9-12-13(17)4-3-5-15(12)19/h3-6,8,10,16,21H,2,7,9H2,1H3. The molecule has 112 valence electrons. The second-order valence-electron chi connectivity index (χ2n) is 4.81. The average molecular weight is 327 g/mol. The van der Waals surface area contributed by atoms with Crippen molar-refractivity contribution >= 4 is 23.2 Å². The lowest BCUT2D eigenvalue weighted by atomic mass is 9.99. The van der Waals surface area contributed by atoms with Crippen LogP contribution in [0.3, 0.4) is 0 Å². The molecule has 0 bridgehead atoms. The third-order valence-electron chi connectivity index (χ3n) is 3.29. The normalized spacial score (nSPS) is 12.4. The molecule has 0 saturated heterocycles. The van der Waals surface area contributed by atoms with E-state index in [-0.39, 0.29) is 11.9 Å². The molecule has 21 heavy (non-hydrogen) atoms. The van der Waals surface area contributed by atoms with Crippen molar-refractivity contribution in [1.82, 2.24) is 10.3 Å². The fourth-order valence-electron chi connectivity index (χ4n) is 2.21. The van der Waals surface area contributed by atoms with Crippen molar-refractivity contribution < 1.29 is 4.39 Å². The van der Waals surface area contributed by atoms with E-state index in [0.717, 1.165) is 18.5 Å². The Morgan fingerprint density at radius 1 is 1.24 bits per heavy atom. The highest BCUT2D eigenvalue weighted by Gasteiger charge is 2.18. The summed E-state index contributed by atoms with van der Waals surface area (Å²) in [5.41, 5.74) is 1.40. The van der Waals surface area contributed by atoms with Crippen molar-refractivity contribution in [2.45, 2.75) is 25.8 Å². The second-order valence-corrected chi connectivity index (χ2v) is 5.62. The fourth-order valence-corrected chi connectivity index (χ4v) is 2.70. The fraction of sp³-hybridized carbons (Fsp3) is 0.312. The van der Waals surface area contributed by atoms with Crippen LogP contribution in [0.4, 0.5) is 4.39 Å². The van der Waals surface area contributed by atoms with Crippen molar-refractivity contribution in [2.24, 2.45) is 0 Å². The van der Waals surface area contributed by atoms with Gasteiger partial charge in [-0.05, 0) is 43.1 Å². The first-order valence-electron chi connectivity index (χ1n) is 6.89. The lowest BCUT2D eigenvalue weighted by Crippen LogP contribution is -2.25. The number of benzene rings is 1. The zero-order valence-electron chi connectivity index (χ0n) is 11.7. The van der Waals surface area contributed by atoms with E-state index in [0.29, 0.717) is 22.0 Å². The van der Waals surface area contributed by atoms with Crippen LogP contribution in [0.15, 0.2) is 36.7 Å². The highest BCUT2D eigenvalue weighted by molar-refractivity contribution is 6.31. The van der Waals surface area contributed by atoms with Gasteiger partial charge in [-0.1, -0.05) is 36.2 Å². The summed E-state index contributed by atoms with van der Waals surface area (Å²) in [5.74, 6) is -0.295. The van der Waals surface area contributed by atoms with Crippen LogP contribution in [0.5, 0.6) is 0 Å². The number of aromatic nitrogens is 1. The molecule has 0 aliphatic carbocycles. The molecule has 1 heterocycles. The van der Waals surface area contributed by atoms with Gasteiger partial charge in [0.15, 0.2) is 0 Å². The molecule has 2 aromatic rings. The Labute approximate surface area is 134 Å². The van der Waals surface area contributed by atoms with Gasteiger partial charge in [-0.15, -0.1) is 0 Å². The predicted molar refractivity (Wildman–Crippen MR) is 85.4 cm³/mol. The van der Waals surface area contributed by atoms with Crippen molar-refractivity contribution in [3.63, 3.8) is 0 Å².